The van der Waals surface area contributed by atoms with Crippen molar-refractivity contribution in [2.75, 3.05) is 24.3 Å². The number of sulfone groups is 1. The molecule has 2 N–H and O–H groups in total. The highest BCUT2D eigenvalue weighted by Gasteiger charge is 2.19. The van der Waals surface area contributed by atoms with Crippen LogP contribution in [0.5, 0.6) is 5.75 Å². The number of ether oxygens (including phenoxy) is 1. The Labute approximate surface area is 211 Å². The van der Waals surface area contributed by atoms with Crippen LogP contribution in [-0.4, -0.2) is 44.2 Å². The van der Waals surface area contributed by atoms with Crippen molar-refractivity contribution < 1.29 is 36.6 Å². The minimum absolute atomic E-state index is 0.0220. The second kappa shape index (κ2) is 11.6. The van der Waals surface area contributed by atoms with Crippen LogP contribution >= 0.6 is 11.6 Å². The predicted molar refractivity (Wildman–Crippen MR) is 130 cm³/mol. The average Bonchev–Trinajstić information content (AvgIpc) is 2.82. The first-order valence-corrected chi connectivity index (χ1v) is 12.7. The van der Waals surface area contributed by atoms with E-state index in [1.165, 1.54) is 36.4 Å². The van der Waals surface area contributed by atoms with Gasteiger partial charge in [-0.05, 0) is 67.4 Å². The number of hydrogen-bond acceptors (Lipinski definition) is 6. The Morgan fingerprint density at radius 2 is 1.72 bits per heavy atom. The average molecular weight is 538 g/mol. The summed E-state index contributed by atoms with van der Waals surface area (Å²) >= 11 is 5.98. The van der Waals surface area contributed by atoms with Crippen LogP contribution in [0, 0.1) is 18.6 Å². The molecule has 0 spiro atoms. The lowest BCUT2D eigenvalue weighted by molar-refractivity contribution is -0.118. The number of aliphatic hydroxyl groups is 1. The van der Waals surface area contributed by atoms with Crippen molar-refractivity contribution in [3.63, 3.8) is 0 Å². The van der Waals surface area contributed by atoms with Crippen LogP contribution < -0.4 is 10.1 Å². The monoisotopic (exact) mass is 537 g/mol. The molecule has 0 aliphatic carbocycles. The number of carbonyl (C=O) groups is 2. The molecule has 7 nitrogen and oxygen atoms in total. The largest absolute Gasteiger partial charge is 0.483 e. The molecule has 3 aromatic rings. The van der Waals surface area contributed by atoms with E-state index in [2.05, 4.69) is 5.32 Å². The SMILES string of the molecule is Cc1cc(S(=O)(=O)CCCO)ccc1NC(=O)COc1ccc(Cl)cc1C(=O)c1cc(F)cc(F)c1. The zero-order valence-corrected chi connectivity index (χ0v) is 20.6. The summed E-state index contributed by atoms with van der Waals surface area (Å²) in [5, 5.41) is 11.6. The maximum atomic E-state index is 13.6. The predicted octanol–water partition coefficient (Wildman–Crippen LogP) is 4.33. The van der Waals surface area contributed by atoms with Crippen LogP contribution in [0.4, 0.5) is 14.5 Å². The van der Waals surface area contributed by atoms with Crippen molar-refractivity contribution >= 4 is 38.8 Å². The molecule has 0 saturated heterocycles. The molecule has 3 aromatic carbocycles. The fourth-order valence-corrected chi connectivity index (χ4v) is 4.87. The minimum atomic E-state index is -3.57. The van der Waals surface area contributed by atoms with E-state index in [4.69, 9.17) is 21.4 Å². The molecule has 0 fully saturated rings. The highest BCUT2D eigenvalue weighted by Crippen LogP contribution is 2.27. The Kier molecular flexibility index (Phi) is 8.78. The standard InChI is InChI=1S/C25H22ClF2NO6S/c1-15-9-20(36(33,34)8-2-7-30)4-5-22(15)29-24(31)14-35-23-6-3-17(26)12-21(23)25(32)16-10-18(27)13-19(28)11-16/h3-6,9-13,30H,2,7-8,14H2,1H3,(H,29,31). The summed E-state index contributed by atoms with van der Waals surface area (Å²) in [7, 11) is -3.57. The van der Waals surface area contributed by atoms with E-state index >= 15 is 0 Å². The number of hydrogen-bond donors (Lipinski definition) is 2. The number of carbonyl (C=O) groups excluding carboxylic acids is 2. The first-order valence-electron chi connectivity index (χ1n) is 10.7. The summed E-state index contributed by atoms with van der Waals surface area (Å²) < 4.78 is 57.2. The molecule has 3 rings (SSSR count). The first kappa shape index (κ1) is 27.3. The van der Waals surface area contributed by atoms with Gasteiger partial charge in [0.1, 0.15) is 17.4 Å². The second-order valence-corrected chi connectivity index (χ2v) is 10.4. The molecule has 0 radical (unpaired) electrons. The van der Waals surface area contributed by atoms with Gasteiger partial charge in [0.2, 0.25) is 0 Å². The van der Waals surface area contributed by atoms with Gasteiger partial charge in [0.15, 0.2) is 22.2 Å². The van der Waals surface area contributed by atoms with Crippen LogP contribution in [0.1, 0.15) is 27.9 Å². The lowest BCUT2D eigenvalue weighted by Crippen LogP contribution is -2.21. The molecular formula is C25H22ClF2NO6S. The van der Waals surface area contributed by atoms with E-state index in [-0.39, 0.29) is 45.6 Å². The number of nitrogens with one attached hydrogen (secondary N) is 1. The topological polar surface area (TPSA) is 110 Å². The zero-order valence-electron chi connectivity index (χ0n) is 19.1. The first-order chi connectivity index (χ1) is 17.0. The molecule has 0 aromatic heterocycles. The lowest BCUT2D eigenvalue weighted by atomic mass is 10.0. The molecule has 11 heteroatoms. The third-order valence-corrected chi connectivity index (χ3v) is 7.11. The molecule has 0 bridgehead atoms. The fraction of sp³-hybridized carbons (Fsp3) is 0.200. The fourth-order valence-electron chi connectivity index (χ4n) is 3.32. The van der Waals surface area contributed by atoms with Crippen molar-refractivity contribution in [1.82, 2.24) is 0 Å². The molecule has 0 unspecified atom stereocenters. The van der Waals surface area contributed by atoms with E-state index in [0.717, 1.165) is 12.1 Å². The van der Waals surface area contributed by atoms with Crippen molar-refractivity contribution in [3.05, 3.63) is 87.9 Å². The van der Waals surface area contributed by atoms with E-state index in [1.54, 1.807) is 6.92 Å². The van der Waals surface area contributed by atoms with Gasteiger partial charge in [0.25, 0.3) is 5.91 Å². The van der Waals surface area contributed by atoms with Gasteiger partial charge < -0.3 is 15.2 Å². The number of anilines is 1. The second-order valence-electron chi connectivity index (χ2n) is 7.84. The van der Waals surface area contributed by atoms with Gasteiger partial charge in [-0.1, -0.05) is 11.6 Å². The smallest absolute Gasteiger partial charge is 0.262 e. The lowest BCUT2D eigenvalue weighted by Gasteiger charge is -2.13. The molecule has 0 heterocycles. The van der Waals surface area contributed by atoms with E-state index in [1.807, 2.05) is 0 Å². The van der Waals surface area contributed by atoms with Gasteiger partial charge in [-0.15, -0.1) is 0 Å². The Morgan fingerprint density at radius 3 is 2.36 bits per heavy atom. The Morgan fingerprint density at radius 1 is 1.03 bits per heavy atom. The van der Waals surface area contributed by atoms with Gasteiger partial charge in [-0.2, -0.15) is 0 Å². The maximum absolute atomic E-state index is 13.6. The molecule has 36 heavy (non-hydrogen) atoms. The summed E-state index contributed by atoms with van der Waals surface area (Å²) in [6.07, 6.45) is 0.112. The van der Waals surface area contributed by atoms with Crippen molar-refractivity contribution in [3.8, 4) is 5.75 Å². The summed E-state index contributed by atoms with van der Waals surface area (Å²) in [5.74, 6) is -3.42. The van der Waals surface area contributed by atoms with Gasteiger partial charge in [0, 0.05) is 28.9 Å². The van der Waals surface area contributed by atoms with Gasteiger partial charge >= 0.3 is 0 Å². The van der Waals surface area contributed by atoms with Crippen LogP contribution in [0.25, 0.3) is 0 Å². The summed E-state index contributed by atoms with van der Waals surface area (Å²) in [6.45, 7) is 0.859. The van der Waals surface area contributed by atoms with Crippen LogP contribution in [0.2, 0.25) is 5.02 Å². The normalized spacial score (nSPS) is 11.2. The Balaban J connectivity index is 1.73. The van der Waals surface area contributed by atoms with Crippen LogP contribution in [0.3, 0.4) is 0 Å². The Hall–Kier alpha value is -3.34. The highest BCUT2D eigenvalue weighted by molar-refractivity contribution is 7.91. The summed E-state index contributed by atoms with van der Waals surface area (Å²) in [5.41, 5.74) is 0.499. The zero-order chi connectivity index (χ0) is 26.5. The number of amides is 1. The molecular weight excluding hydrogens is 516 g/mol. The van der Waals surface area contributed by atoms with Crippen LogP contribution in [-0.2, 0) is 14.6 Å². The number of halogens is 3. The van der Waals surface area contributed by atoms with E-state index < -0.39 is 39.8 Å². The number of rotatable bonds is 10. The number of aliphatic hydroxyl groups excluding tert-OH is 1. The van der Waals surface area contributed by atoms with E-state index in [9.17, 15) is 26.8 Å². The molecule has 0 aliphatic rings. The third kappa shape index (κ3) is 6.87. The molecule has 1 amide bonds. The van der Waals surface area contributed by atoms with Crippen molar-refractivity contribution in [1.29, 1.82) is 0 Å². The number of ketones is 1. The molecule has 190 valence electrons. The van der Waals surface area contributed by atoms with E-state index in [0.29, 0.717) is 17.3 Å². The molecule has 0 aliphatic heterocycles. The molecule has 0 atom stereocenters. The van der Waals surface area contributed by atoms with Gasteiger partial charge in [-0.3, -0.25) is 9.59 Å². The number of aryl methyl sites for hydroxylation is 1. The van der Waals surface area contributed by atoms with Crippen LogP contribution in [0.15, 0.2) is 59.5 Å². The van der Waals surface area contributed by atoms with Crippen molar-refractivity contribution in [2.24, 2.45) is 0 Å². The third-order valence-electron chi connectivity index (χ3n) is 5.07. The minimum Gasteiger partial charge on any atom is -0.483 e. The summed E-state index contributed by atoms with van der Waals surface area (Å²) in [4.78, 5) is 25.4. The summed E-state index contributed by atoms with van der Waals surface area (Å²) in [6, 6.07) is 10.6. The maximum Gasteiger partial charge on any atom is 0.262 e. The highest BCUT2D eigenvalue weighted by atomic mass is 35.5. The number of benzene rings is 3. The van der Waals surface area contributed by atoms with Gasteiger partial charge in [0.05, 0.1) is 16.2 Å². The van der Waals surface area contributed by atoms with Crippen molar-refractivity contribution in [2.45, 2.75) is 18.2 Å². The van der Waals surface area contributed by atoms with Gasteiger partial charge in [-0.25, -0.2) is 17.2 Å². The molecule has 0 saturated carbocycles. The quantitative estimate of drug-likeness (QED) is 0.373. The Bertz CT molecular complexity index is 1390.